The first-order valence-electron chi connectivity index (χ1n) is 7.41. The Morgan fingerprint density at radius 3 is 2.12 bits per heavy atom. The van der Waals surface area contributed by atoms with Gasteiger partial charge in [0.15, 0.2) is 0 Å². The van der Waals surface area contributed by atoms with E-state index in [0.29, 0.717) is 11.1 Å². The van der Waals surface area contributed by atoms with Crippen LogP contribution in [-0.4, -0.2) is 28.5 Å². The number of alkyl halides is 3. The molecule has 1 amide bonds. The molecule has 5 nitrogen and oxygen atoms in total. The lowest BCUT2D eigenvalue weighted by Gasteiger charge is -2.24. The smallest absolute Gasteiger partial charge is 0.330 e. The van der Waals surface area contributed by atoms with Crippen LogP contribution in [0.5, 0.6) is 0 Å². The minimum absolute atomic E-state index is 0.101. The van der Waals surface area contributed by atoms with Crippen LogP contribution in [0.1, 0.15) is 11.1 Å². The fourth-order valence-corrected chi connectivity index (χ4v) is 2.28. The molecule has 0 atom stereocenters. The number of carbonyl (C=O) groups excluding carboxylic acids is 1. The number of nitrogens with zero attached hydrogens (tertiary/aromatic N) is 2. The maximum Gasteiger partial charge on any atom is 0.471 e. The van der Waals surface area contributed by atoms with E-state index >= 15 is 0 Å². The normalized spacial score (nSPS) is 11.2. The molecule has 0 N–H and O–H groups in total. The van der Waals surface area contributed by atoms with E-state index in [2.05, 4.69) is 0 Å². The summed E-state index contributed by atoms with van der Waals surface area (Å²) in [6, 6.07) is 13.9. The minimum Gasteiger partial charge on any atom is -0.330 e. The lowest BCUT2D eigenvalue weighted by Crippen LogP contribution is -2.41. The summed E-state index contributed by atoms with van der Waals surface area (Å²) in [4.78, 5) is 22.4. The molecule has 0 fully saturated rings. The van der Waals surface area contributed by atoms with Gasteiger partial charge in [-0.1, -0.05) is 42.5 Å². The number of amides is 1. The molecule has 0 aliphatic heterocycles. The Morgan fingerprint density at radius 1 is 1.00 bits per heavy atom. The Bertz CT molecular complexity index is 731. The first-order chi connectivity index (χ1) is 11.8. The number of carbonyl (C=O) groups is 1. The molecule has 0 bridgehead atoms. The van der Waals surface area contributed by atoms with Crippen molar-refractivity contribution >= 4 is 11.6 Å². The molecule has 2 rings (SSSR count). The van der Waals surface area contributed by atoms with Crippen molar-refractivity contribution in [2.24, 2.45) is 0 Å². The highest BCUT2D eigenvalue weighted by Gasteiger charge is 2.42. The van der Waals surface area contributed by atoms with E-state index < -0.39 is 17.0 Å². The molecule has 132 valence electrons. The second-order valence-corrected chi connectivity index (χ2v) is 5.38. The number of nitro groups is 1. The van der Waals surface area contributed by atoms with Crippen LogP contribution in [0.4, 0.5) is 18.9 Å². The number of benzene rings is 2. The fraction of sp³-hybridized carbons (Fsp3) is 0.235. The van der Waals surface area contributed by atoms with Crippen LogP contribution in [0, 0.1) is 10.1 Å². The highest BCUT2D eigenvalue weighted by Crippen LogP contribution is 2.21. The summed E-state index contributed by atoms with van der Waals surface area (Å²) in [5, 5.41) is 10.6. The Kier molecular flexibility index (Phi) is 5.74. The second kappa shape index (κ2) is 7.78. The van der Waals surface area contributed by atoms with Gasteiger partial charge in [-0.2, -0.15) is 13.2 Å². The van der Waals surface area contributed by atoms with Gasteiger partial charge in [0.2, 0.25) is 0 Å². The van der Waals surface area contributed by atoms with Crippen molar-refractivity contribution < 1.29 is 22.9 Å². The highest BCUT2D eigenvalue weighted by molar-refractivity contribution is 5.81. The summed E-state index contributed by atoms with van der Waals surface area (Å²) in [6.07, 6.45) is -4.79. The molecule has 0 spiro atoms. The van der Waals surface area contributed by atoms with Gasteiger partial charge in [-0.3, -0.25) is 14.9 Å². The molecule has 0 unspecified atom stereocenters. The SMILES string of the molecule is O=C(N(CCc1ccc([N+](=O)[O-])cc1)Cc1ccccc1)C(F)(F)F. The largest absolute Gasteiger partial charge is 0.471 e. The number of halogens is 3. The quantitative estimate of drug-likeness (QED) is 0.588. The Morgan fingerprint density at radius 2 is 1.60 bits per heavy atom. The van der Waals surface area contributed by atoms with Gasteiger partial charge in [-0.25, -0.2) is 0 Å². The number of non-ortho nitro benzene ring substituents is 1. The van der Waals surface area contributed by atoms with Crippen LogP contribution in [0.15, 0.2) is 54.6 Å². The van der Waals surface area contributed by atoms with E-state index in [1.54, 1.807) is 30.3 Å². The molecule has 0 radical (unpaired) electrons. The van der Waals surface area contributed by atoms with Crippen molar-refractivity contribution in [2.45, 2.75) is 19.1 Å². The van der Waals surface area contributed by atoms with Crippen LogP contribution in [0.25, 0.3) is 0 Å². The molecular formula is C17H15F3N2O3. The Balaban J connectivity index is 2.10. The molecule has 0 saturated carbocycles. The fourth-order valence-electron chi connectivity index (χ4n) is 2.28. The van der Waals surface area contributed by atoms with E-state index in [-0.39, 0.29) is 25.2 Å². The highest BCUT2D eigenvalue weighted by atomic mass is 19.4. The van der Waals surface area contributed by atoms with Crippen LogP contribution in [-0.2, 0) is 17.8 Å². The van der Waals surface area contributed by atoms with Gasteiger partial charge in [0.05, 0.1) is 4.92 Å². The van der Waals surface area contributed by atoms with Crippen molar-refractivity contribution in [2.75, 3.05) is 6.54 Å². The van der Waals surface area contributed by atoms with E-state index in [9.17, 15) is 28.1 Å². The summed E-state index contributed by atoms with van der Waals surface area (Å²) in [7, 11) is 0. The number of hydrogen-bond donors (Lipinski definition) is 0. The van der Waals surface area contributed by atoms with Gasteiger partial charge in [-0.05, 0) is 17.5 Å². The third-order valence-electron chi connectivity index (χ3n) is 3.56. The summed E-state index contributed by atoms with van der Waals surface area (Å²) < 4.78 is 38.4. The van der Waals surface area contributed by atoms with E-state index in [1.807, 2.05) is 0 Å². The van der Waals surface area contributed by atoms with E-state index in [4.69, 9.17) is 0 Å². The van der Waals surface area contributed by atoms with Gasteiger partial charge in [-0.15, -0.1) is 0 Å². The lowest BCUT2D eigenvalue weighted by atomic mass is 10.1. The van der Waals surface area contributed by atoms with Crippen LogP contribution in [0.3, 0.4) is 0 Å². The zero-order chi connectivity index (χ0) is 18.4. The van der Waals surface area contributed by atoms with Crippen molar-refractivity contribution in [3.63, 3.8) is 0 Å². The predicted molar refractivity (Wildman–Crippen MR) is 84.7 cm³/mol. The van der Waals surface area contributed by atoms with Crippen LogP contribution >= 0.6 is 0 Å². The molecule has 2 aromatic carbocycles. The summed E-state index contributed by atoms with van der Waals surface area (Å²) in [5.74, 6) is -1.90. The maximum absolute atomic E-state index is 12.8. The average Bonchev–Trinajstić information content (AvgIpc) is 2.58. The van der Waals surface area contributed by atoms with Gasteiger partial charge in [0.1, 0.15) is 0 Å². The van der Waals surface area contributed by atoms with Crippen molar-refractivity contribution in [1.82, 2.24) is 4.90 Å². The second-order valence-electron chi connectivity index (χ2n) is 5.38. The van der Waals surface area contributed by atoms with Gasteiger partial charge in [0, 0.05) is 25.2 Å². The monoisotopic (exact) mass is 352 g/mol. The van der Waals surface area contributed by atoms with E-state index in [1.165, 1.54) is 24.3 Å². The topological polar surface area (TPSA) is 63.5 Å². The van der Waals surface area contributed by atoms with Gasteiger partial charge < -0.3 is 4.90 Å². The number of nitro benzene ring substituents is 1. The Labute approximate surface area is 141 Å². The molecule has 25 heavy (non-hydrogen) atoms. The molecule has 0 aliphatic rings. The third kappa shape index (κ3) is 5.30. The molecule has 0 aromatic heterocycles. The third-order valence-corrected chi connectivity index (χ3v) is 3.56. The maximum atomic E-state index is 12.8. The molecule has 0 saturated heterocycles. The first kappa shape index (κ1) is 18.4. The van der Waals surface area contributed by atoms with Gasteiger partial charge >= 0.3 is 12.1 Å². The summed E-state index contributed by atoms with van der Waals surface area (Å²) >= 11 is 0. The van der Waals surface area contributed by atoms with Crippen molar-refractivity contribution in [3.8, 4) is 0 Å². The average molecular weight is 352 g/mol. The zero-order valence-electron chi connectivity index (χ0n) is 13.1. The number of hydrogen-bond acceptors (Lipinski definition) is 3. The van der Waals surface area contributed by atoms with E-state index in [0.717, 1.165) is 4.90 Å². The molecule has 0 aliphatic carbocycles. The summed E-state index contributed by atoms with van der Waals surface area (Å²) in [6.45, 7) is -0.308. The zero-order valence-corrected chi connectivity index (χ0v) is 13.1. The standard InChI is InChI=1S/C17H15F3N2O3/c18-17(19,20)16(23)21(12-14-4-2-1-3-5-14)11-10-13-6-8-15(9-7-13)22(24)25/h1-9H,10-12H2. The molecule has 8 heteroatoms. The minimum atomic E-state index is -4.95. The molecule has 2 aromatic rings. The molecule has 0 heterocycles. The van der Waals surface area contributed by atoms with Gasteiger partial charge in [0.25, 0.3) is 5.69 Å². The number of rotatable bonds is 6. The van der Waals surface area contributed by atoms with Crippen LogP contribution in [0.2, 0.25) is 0 Å². The molecular weight excluding hydrogens is 337 g/mol. The first-order valence-corrected chi connectivity index (χ1v) is 7.41. The predicted octanol–water partition coefficient (Wildman–Crippen LogP) is 3.73. The van der Waals surface area contributed by atoms with Crippen molar-refractivity contribution in [1.29, 1.82) is 0 Å². The van der Waals surface area contributed by atoms with Crippen LogP contribution < -0.4 is 0 Å². The lowest BCUT2D eigenvalue weighted by molar-refractivity contribution is -0.384. The van der Waals surface area contributed by atoms with Crippen molar-refractivity contribution in [3.05, 3.63) is 75.8 Å². The summed E-state index contributed by atoms with van der Waals surface area (Å²) in [5.41, 5.74) is 1.10. The Hall–Kier alpha value is -2.90.